The Morgan fingerprint density at radius 1 is 0.352 bits per heavy atom. The molecule has 0 aliphatic heterocycles. The molecule has 10 heteroatoms. The lowest BCUT2D eigenvalue weighted by Gasteiger charge is -2.19. The van der Waals surface area contributed by atoms with Crippen LogP contribution in [0.15, 0.2) is 85.1 Å². The highest BCUT2D eigenvalue weighted by atomic mass is 31.2. The number of ether oxygens (including phenoxy) is 2. The Labute approximate surface area is 544 Å². The van der Waals surface area contributed by atoms with E-state index >= 15 is 0 Å². The van der Waals surface area contributed by atoms with Crippen LogP contribution in [0.5, 0.6) is 0 Å². The Morgan fingerprint density at radius 3 is 0.932 bits per heavy atom. The summed E-state index contributed by atoms with van der Waals surface area (Å²) in [5.74, 6) is -0.808. The largest absolute Gasteiger partial charge is 0.472 e. The average Bonchev–Trinajstić information content (AvgIpc) is 3.52. The molecule has 3 N–H and O–H groups in total. The van der Waals surface area contributed by atoms with E-state index in [1.165, 1.54) is 257 Å². The van der Waals surface area contributed by atoms with Crippen molar-refractivity contribution in [3.05, 3.63) is 85.1 Å². The van der Waals surface area contributed by atoms with Gasteiger partial charge in [0.2, 0.25) is 0 Å². The van der Waals surface area contributed by atoms with E-state index in [4.69, 9.17) is 24.3 Å². The van der Waals surface area contributed by atoms with E-state index in [1.54, 1.807) is 0 Å². The lowest BCUT2D eigenvalue weighted by Crippen LogP contribution is -2.29. The molecule has 0 amide bonds. The number of unbranched alkanes of at least 4 members (excludes halogenated alkanes) is 44. The maximum Gasteiger partial charge on any atom is 0.472 e. The summed E-state index contributed by atoms with van der Waals surface area (Å²) in [6.45, 7) is 3.69. The number of esters is 2. The molecule has 0 spiro atoms. The Balaban J connectivity index is 3.80. The number of nitrogens with two attached hydrogens (primary N) is 1. The van der Waals surface area contributed by atoms with Crippen molar-refractivity contribution in [1.29, 1.82) is 0 Å². The van der Waals surface area contributed by atoms with Crippen LogP contribution in [0.3, 0.4) is 0 Å². The van der Waals surface area contributed by atoms with Crippen LogP contribution < -0.4 is 5.73 Å². The molecule has 0 aromatic heterocycles. The second-order valence-electron chi connectivity index (χ2n) is 25.1. The highest BCUT2D eigenvalue weighted by Gasteiger charge is 2.26. The number of hydrogen-bond acceptors (Lipinski definition) is 8. The zero-order chi connectivity index (χ0) is 63.7. The van der Waals surface area contributed by atoms with Crippen molar-refractivity contribution in [3.8, 4) is 0 Å². The zero-order valence-electron chi connectivity index (χ0n) is 57.7. The molecule has 0 rings (SSSR count). The lowest BCUT2D eigenvalue weighted by molar-refractivity contribution is -0.161. The van der Waals surface area contributed by atoms with E-state index in [1.807, 2.05) is 0 Å². The second kappa shape index (κ2) is 73.2. The molecule has 0 fully saturated rings. The first-order chi connectivity index (χ1) is 43.3. The molecular formula is C78H142NO8P. The van der Waals surface area contributed by atoms with Gasteiger partial charge in [0.05, 0.1) is 13.2 Å². The van der Waals surface area contributed by atoms with Crippen LogP contribution in [0.4, 0.5) is 0 Å². The van der Waals surface area contributed by atoms with Gasteiger partial charge in [0.25, 0.3) is 0 Å². The van der Waals surface area contributed by atoms with Gasteiger partial charge < -0.3 is 20.1 Å². The standard InChI is InChI=1S/C78H142NO8P/c1-3-5-7-9-11-13-15-17-19-21-23-25-27-29-31-32-33-34-35-36-37-38-39-40-41-42-43-44-45-47-49-51-53-55-57-59-61-63-65-67-69-71-78(81)87-76(75-86-88(82,83)85-73-72-79)74-84-77(80)70-68-66-64-62-60-58-56-54-52-50-48-46-30-28-26-24-22-20-18-16-14-12-10-8-6-4-2/h5,7,11,13,17,19,23,25,29,31,33-34,36-37,76H,3-4,6,8-10,12,14-16,18,20-22,24,26-28,30,32,35,38-75,79H2,1-2H3,(H,82,83)/b7-5-,13-11-,19-17-,25-23-,31-29-,34-33-,37-36-. The fraction of sp³-hybridized carbons (Fsp3) is 0.795. The van der Waals surface area contributed by atoms with Gasteiger partial charge in [0.1, 0.15) is 6.61 Å². The summed E-state index contributed by atoms with van der Waals surface area (Å²) in [5.41, 5.74) is 5.41. The van der Waals surface area contributed by atoms with E-state index in [9.17, 15) is 19.0 Å². The predicted octanol–water partition coefficient (Wildman–Crippen LogP) is 24.9. The van der Waals surface area contributed by atoms with Gasteiger partial charge in [-0.2, -0.15) is 0 Å². The molecule has 0 heterocycles. The molecule has 2 unspecified atom stereocenters. The summed E-state index contributed by atoms with van der Waals surface area (Å²) in [7, 11) is -4.39. The van der Waals surface area contributed by atoms with Gasteiger partial charge in [-0.3, -0.25) is 18.6 Å². The number of rotatable bonds is 71. The van der Waals surface area contributed by atoms with E-state index in [2.05, 4.69) is 98.9 Å². The maximum absolute atomic E-state index is 12.8. The molecule has 0 aliphatic carbocycles. The predicted molar refractivity (Wildman–Crippen MR) is 381 cm³/mol. The summed E-state index contributed by atoms with van der Waals surface area (Å²) in [6.07, 6.45) is 98.4. The molecule has 0 aromatic carbocycles. The third kappa shape index (κ3) is 72.3. The Kier molecular flexibility index (Phi) is 70.9. The van der Waals surface area contributed by atoms with Gasteiger partial charge in [-0.25, -0.2) is 4.57 Å². The highest BCUT2D eigenvalue weighted by Crippen LogP contribution is 2.43. The van der Waals surface area contributed by atoms with Crippen molar-refractivity contribution in [2.75, 3.05) is 26.4 Å². The van der Waals surface area contributed by atoms with E-state index in [0.29, 0.717) is 6.42 Å². The number of carbonyl (C=O) groups is 2. The minimum absolute atomic E-state index is 0.0544. The van der Waals surface area contributed by atoms with Gasteiger partial charge in [-0.05, 0) is 70.6 Å². The zero-order valence-corrected chi connectivity index (χ0v) is 58.6. The Bertz CT molecular complexity index is 1720. The molecule has 0 saturated carbocycles. The summed E-state index contributed by atoms with van der Waals surface area (Å²) in [5, 5.41) is 0. The quantitative estimate of drug-likeness (QED) is 0.0264. The number of carbonyl (C=O) groups excluding carboxylic acids is 2. The van der Waals surface area contributed by atoms with Crippen LogP contribution in [0.2, 0.25) is 0 Å². The first kappa shape index (κ1) is 85.2. The molecule has 0 saturated heterocycles. The van der Waals surface area contributed by atoms with E-state index in [0.717, 1.165) is 77.0 Å². The lowest BCUT2D eigenvalue weighted by atomic mass is 10.0. The van der Waals surface area contributed by atoms with Crippen LogP contribution >= 0.6 is 7.82 Å². The van der Waals surface area contributed by atoms with Crippen molar-refractivity contribution in [2.24, 2.45) is 5.73 Å². The van der Waals surface area contributed by atoms with Gasteiger partial charge in [-0.15, -0.1) is 0 Å². The van der Waals surface area contributed by atoms with Crippen molar-refractivity contribution in [3.63, 3.8) is 0 Å². The highest BCUT2D eigenvalue weighted by molar-refractivity contribution is 7.47. The van der Waals surface area contributed by atoms with E-state index in [-0.39, 0.29) is 38.6 Å². The fourth-order valence-corrected chi connectivity index (χ4v) is 11.8. The number of phosphoric ester groups is 1. The third-order valence-corrected chi connectivity index (χ3v) is 17.5. The molecule has 0 bridgehead atoms. The van der Waals surface area contributed by atoms with Gasteiger partial charge >= 0.3 is 19.8 Å². The number of phosphoric acid groups is 1. The third-order valence-electron chi connectivity index (χ3n) is 16.5. The van der Waals surface area contributed by atoms with Crippen LogP contribution in [0, 0.1) is 0 Å². The summed E-state index contributed by atoms with van der Waals surface area (Å²) >= 11 is 0. The monoisotopic (exact) mass is 1250 g/mol. The summed E-state index contributed by atoms with van der Waals surface area (Å²) < 4.78 is 33.2. The van der Waals surface area contributed by atoms with Crippen molar-refractivity contribution in [2.45, 2.75) is 373 Å². The van der Waals surface area contributed by atoms with Crippen LogP contribution in [0.1, 0.15) is 367 Å². The van der Waals surface area contributed by atoms with Crippen LogP contribution in [0.25, 0.3) is 0 Å². The first-order valence-corrected chi connectivity index (χ1v) is 39.1. The average molecular weight is 1250 g/mol. The smallest absolute Gasteiger partial charge is 0.462 e. The first-order valence-electron chi connectivity index (χ1n) is 37.6. The Hall–Kier alpha value is -2.81. The van der Waals surface area contributed by atoms with Gasteiger partial charge in [0, 0.05) is 19.4 Å². The molecule has 2 atom stereocenters. The second-order valence-corrected chi connectivity index (χ2v) is 26.6. The summed E-state index contributed by atoms with van der Waals surface area (Å²) in [6, 6.07) is 0. The molecule has 0 aromatic rings. The fourth-order valence-electron chi connectivity index (χ4n) is 11.0. The van der Waals surface area contributed by atoms with Crippen LogP contribution in [-0.2, 0) is 32.7 Å². The SMILES string of the molecule is CC/C=C\C/C=C\C/C=C\C/C=C\C/C=C\C/C=C\C/C=C\CCCCCCCCCCCCCCCCCCCCCC(=O)OC(COC(=O)CCCCCCCCCCCCCCCCCCCCCCCCCCCC)COP(=O)(O)OCCN. The van der Waals surface area contributed by atoms with Crippen molar-refractivity contribution in [1.82, 2.24) is 0 Å². The van der Waals surface area contributed by atoms with Gasteiger partial charge in [0.15, 0.2) is 6.10 Å². The Morgan fingerprint density at radius 2 is 0.625 bits per heavy atom. The topological polar surface area (TPSA) is 134 Å². The van der Waals surface area contributed by atoms with Gasteiger partial charge in [-0.1, -0.05) is 369 Å². The van der Waals surface area contributed by atoms with E-state index < -0.39 is 26.5 Å². The molecule has 0 aliphatic rings. The molecule has 9 nitrogen and oxygen atoms in total. The molecule has 512 valence electrons. The maximum atomic E-state index is 12.8. The minimum atomic E-state index is -4.39. The van der Waals surface area contributed by atoms with Crippen LogP contribution in [-0.4, -0.2) is 49.3 Å². The van der Waals surface area contributed by atoms with Crippen molar-refractivity contribution < 1.29 is 37.6 Å². The number of hydrogen-bond donors (Lipinski definition) is 2. The van der Waals surface area contributed by atoms with Crippen molar-refractivity contribution >= 4 is 19.8 Å². The molecular weight excluding hydrogens is 1110 g/mol. The summed E-state index contributed by atoms with van der Waals surface area (Å²) in [4.78, 5) is 35.4. The minimum Gasteiger partial charge on any atom is -0.462 e. The molecule has 88 heavy (non-hydrogen) atoms. The number of allylic oxidation sites excluding steroid dienone is 14. The molecule has 0 radical (unpaired) electrons. The normalized spacial score (nSPS) is 13.4.